The van der Waals surface area contributed by atoms with Crippen LogP contribution in [0, 0.1) is 16.7 Å². The monoisotopic (exact) mass is 369 g/mol. The Hall–Kier alpha value is -2.17. The number of aromatic nitrogens is 2. The Morgan fingerprint density at radius 3 is 2.88 bits per heavy atom. The van der Waals surface area contributed by atoms with Gasteiger partial charge in [0.1, 0.15) is 16.8 Å². The molecule has 0 bridgehead atoms. The summed E-state index contributed by atoms with van der Waals surface area (Å²) < 4.78 is 1.76. The minimum Gasteiger partial charge on any atom is -0.345 e. The molecule has 2 aromatic heterocycles. The third-order valence-corrected chi connectivity index (χ3v) is 6.71. The van der Waals surface area contributed by atoms with Gasteiger partial charge in [-0.1, -0.05) is 0 Å². The number of hydrogen-bond acceptors (Lipinski definition) is 5. The molecule has 1 spiro atoms. The van der Waals surface area contributed by atoms with Gasteiger partial charge in [-0.2, -0.15) is 5.26 Å². The first-order chi connectivity index (χ1) is 12.5. The van der Waals surface area contributed by atoms with E-state index in [1.165, 1.54) is 11.4 Å². The quantitative estimate of drug-likeness (QED) is 0.830. The lowest BCUT2D eigenvalue weighted by molar-refractivity contribution is 0.0648. The van der Waals surface area contributed by atoms with E-state index in [0.717, 1.165) is 32.5 Å². The van der Waals surface area contributed by atoms with E-state index in [1.807, 2.05) is 23.5 Å². The standard InChI is InChI=1S/C19H23N5OS/c1-22-12-14(11-20)9-15(22)18(25)24-6-3-19(4-7-24)10-16(19)23(2)13-17-21-5-8-26-17/h5,8-9,12,16H,3-4,6-7,10,13H2,1-2H3/t16-/m1/s1. The van der Waals surface area contributed by atoms with E-state index < -0.39 is 0 Å². The Balaban J connectivity index is 1.35. The molecule has 2 aromatic rings. The van der Waals surface area contributed by atoms with Gasteiger partial charge in [0.15, 0.2) is 0 Å². The second-order valence-corrected chi connectivity index (χ2v) is 8.53. The van der Waals surface area contributed by atoms with E-state index in [-0.39, 0.29) is 5.91 Å². The first kappa shape index (κ1) is 17.3. The van der Waals surface area contributed by atoms with Gasteiger partial charge < -0.3 is 9.47 Å². The van der Waals surface area contributed by atoms with Crippen LogP contribution < -0.4 is 0 Å². The molecule has 2 aliphatic rings. The SMILES string of the molecule is CN(Cc1nccs1)[C@@H]1CC12CCN(C(=O)c1cc(C#N)cn1C)CC2. The van der Waals surface area contributed by atoms with Crippen LogP contribution in [-0.4, -0.2) is 51.4 Å². The number of carbonyl (C=O) groups excluding carboxylic acids is 1. The van der Waals surface area contributed by atoms with Gasteiger partial charge in [-0.25, -0.2) is 4.98 Å². The molecule has 4 rings (SSSR count). The average molecular weight is 369 g/mol. The summed E-state index contributed by atoms with van der Waals surface area (Å²) in [4.78, 5) is 21.5. The van der Waals surface area contributed by atoms with Crippen molar-refractivity contribution < 1.29 is 4.79 Å². The Kier molecular flexibility index (Phi) is 4.33. The number of nitrogens with zero attached hydrogens (tertiary/aromatic N) is 5. The molecular weight excluding hydrogens is 346 g/mol. The highest BCUT2D eigenvalue weighted by Crippen LogP contribution is 2.56. The molecule has 1 aliphatic heterocycles. The van der Waals surface area contributed by atoms with E-state index in [0.29, 0.717) is 22.7 Å². The van der Waals surface area contributed by atoms with Crippen LogP contribution in [0.15, 0.2) is 23.8 Å². The molecule has 3 heterocycles. The summed E-state index contributed by atoms with van der Waals surface area (Å²) in [6.45, 7) is 2.51. The number of thiazole rings is 1. The van der Waals surface area contributed by atoms with Crippen LogP contribution in [0.2, 0.25) is 0 Å². The third-order valence-electron chi connectivity index (χ3n) is 5.95. The molecule has 2 fully saturated rings. The average Bonchev–Trinajstić information content (AvgIpc) is 2.99. The van der Waals surface area contributed by atoms with Crippen molar-refractivity contribution in [3.63, 3.8) is 0 Å². The van der Waals surface area contributed by atoms with Crippen LogP contribution >= 0.6 is 11.3 Å². The second-order valence-electron chi connectivity index (χ2n) is 7.55. The lowest BCUT2D eigenvalue weighted by atomic mass is 9.92. The summed E-state index contributed by atoms with van der Waals surface area (Å²) in [6, 6.07) is 4.39. The number of nitriles is 1. The molecule has 1 atom stereocenters. The normalized spacial score (nSPS) is 21.2. The molecule has 1 saturated heterocycles. The van der Waals surface area contributed by atoms with E-state index in [2.05, 4.69) is 23.0 Å². The fourth-order valence-corrected chi connectivity index (χ4v) is 4.98. The van der Waals surface area contributed by atoms with Gasteiger partial charge in [0.25, 0.3) is 5.91 Å². The van der Waals surface area contributed by atoms with Gasteiger partial charge >= 0.3 is 0 Å². The van der Waals surface area contributed by atoms with Crippen molar-refractivity contribution >= 4 is 17.2 Å². The summed E-state index contributed by atoms with van der Waals surface area (Å²) in [5.74, 6) is 0.0391. The van der Waals surface area contributed by atoms with Crippen LogP contribution in [0.5, 0.6) is 0 Å². The molecule has 1 amide bonds. The van der Waals surface area contributed by atoms with Crippen molar-refractivity contribution in [2.45, 2.75) is 31.8 Å². The molecule has 1 aliphatic carbocycles. The molecular formula is C19H23N5OS. The molecule has 0 radical (unpaired) electrons. The fraction of sp³-hybridized carbons (Fsp3) is 0.526. The van der Waals surface area contributed by atoms with Crippen LogP contribution in [0.1, 0.15) is 40.3 Å². The van der Waals surface area contributed by atoms with Gasteiger partial charge in [0.2, 0.25) is 0 Å². The van der Waals surface area contributed by atoms with Crippen molar-refractivity contribution in [1.82, 2.24) is 19.4 Å². The second kappa shape index (κ2) is 6.53. The van der Waals surface area contributed by atoms with E-state index in [9.17, 15) is 4.79 Å². The zero-order valence-corrected chi connectivity index (χ0v) is 16.0. The Bertz CT molecular complexity index is 842. The number of hydrogen-bond donors (Lipinski definition) is 0. The van der Waals surface area contributed by atoms with Gasteiger partial charge in [0, 0.05) is 44.0 Å². The molecule has 26 heavy (non-hydrogen) atoms. The maximum absolute atomic E-state index is 12.8. The first-order valence-corrected chi connectivity index (χ1v) is 9.85. The third kappa shape index (κ3) is 3.04. The summed E-state index contributed by atoms with van der Waals surface area (Å²) in [6.07, 6.45) is 6.91. The van der Waals surface area contributed by atoms with Gasteiger partial charge in [0.05, 0.1) is 12.1 Å². The van der Waals surface area contributed by atoms with Crippen LogP contribution in [0.4, 0.5) is 0 Å². The maximum Gasteiger partial charge on any atom is 0.270 e. The summed E-state index contributed by atoms with van der Waals surface area (Å²) in [5.41, 5.74) is 1.51. The number of piperidine rings is 1. The minimum atomic E-state index is 0.0391. The molecule has 7 heteroatoms. The summed E-state index contributed by atoms with van der Waals surface area (Å²) in [5, 5.41) is 12.2. The number of aryl methyl sites for hydroxylation is 1. The highest BCUT2D eigenvalue weighted by atomic mass is 32.1. The van der Waals surface area contributed by atoms with E-state index in [1.54, 1.807) is 28.2 Å². The predicted octanol–water partition coefficient (Wildman–Crippen LogP) is 2.48. The summed E-state index contributed by atoms with van der Waals surface area (Å²) >= 11 is 1.71. The van der Waals surface area contributed by atoms with Crippen LogP contribution in [0.25, 0.3) is 0 Å². The van der Waals surface area contributed by atoms with Crippen molar-refractivity contribution in [2.24, 2.45) is 12.5 Å². The van der Waals surface area contributed by atoms with E-state index >= 15 is 0 Å². The molecule has 0 aromatic carbocycles. The largest absolute Gasteiger partial charge is 0.345 e. The minimum absolute atomic E-state index is 0.0391. The van der Waals surface area contributed by atoms with Crippen molar-refractivity contribution in [3.8, 4) is 6.07 Å². The Labute approximate surface area is 157 Å². The zero-order valence-electron chi connectivity index (χ0n) is 15.2. The molecule has 0 N–H and O–H groups in total. The lowest BCUT2D eigenvalue weighted by Crippen LogP contribution is -2.41. The highest BCUT2D eigenvalue weighted by molar-refractivity contribution is 7.09. The maximum atomic E-state index is 12.8. The molecule has 0 unspecified atom stereocenters. The number of carbonyl (C=O) groups is 1. The van der Waals surface area contributed by atoms with Gasteiger partial charge in [-0.15, -0.1) is 11.3 Å². The predicted molar refractivity (Wildman–Crippen MR) is 99.7 cm³/mol. The van der Waals surface area contributed by atoms with Crippen LogP contribution in [0.3, 0.4) is 0 Å². The summed E-state index contributed by atoms with van der Waals surface area (Å²) in [7, 11) is 4.01. The molecule has 136 valence electrons. The highest BCUT2D eigenvalue weighted by Gasteiger charge is 2.56. The van der Waals surface area contributed by atoms with Crippen molar-refractivity contribution in [2.75, 3.05) is 20.1 Å². The van der Waals surface area contributed by atoms with Crippen molar-refractivity contribution in [1.29, 1.82) is 5.26 Å². The number of amides is 1. The van der Waals surface area contributed by atoms with Crippen molar-refractivity contribution in [3.05, 3.63) is 40.1 Å². The van der Waals surface area contributed by atoms with Gasteiger partial charge in [-0.3, -0.25) is 9.69 Å². The van der Waals surface area contributed by atoms with Crippen LogP contribution in [-0.2, 0) is 13.6 Å². The molecule has 1 saturated carbocycles. The Morgan fingerprint density at radius 1 is 1.50 bits per heavy atom. The van der Waals surface area contributed by atoms with E-state index in [4.69, 9.17) is 5.26 Å². The first-order valence-electron chi connectivity index (χ1n) is 8.97. The smallest absolute Gasteiger partial charge is 0.270 e. The lowest BCUT2D eigenvalue weighted by Gasteiger charge is -2.34. The zero-order chi connectivity index (χ0) is 18.3. The topological polar surface area (TPSA) is 65.2 Å². The fourth-order valence-electron chi connectivity index (χ4n) is 4.30. The molecule has 6 nitrogen and oxygen atoms in total. The Morgan fingerprint density at radius 2 is 2.27 bits per heavy atom. The number of rotatable bonds is 4. The van der Waals surface area contributed by atoms with Gasteiger partial charge in [-0.05, 0) is 37.8 Å². The number of likely N-dealkylation sites (tertiary alicyclic amines) is 1.